The van der Waals surface area contributed by atoms with E-state index in [1.54, 1.807) is 22.4 Å². The lowest BCUT2D eigenvalue weighted by Gasteiger charge is -2.44. The van der Waals surface area contributed by atoms with Crippen LogP contribution in [0.2, 0.25) is 0 Å². The molecule has 0 spiro atoms. The zero-order chi connectivity index (χ0) is 21.2. The number of hydrogen-bond acceptors (Lipinski definition) is 7. The standard InChI is InChI=1S/C21H20N4O4S/c1-11-12(10-22-24(11)3)9-15-18(26)25-17-13-7-5-6-8-14(13)29-21(2,23-20(25)30-15)16(17)19(27)28-4/h5-10,16-17H,1-4H3/t16-,17-,21-/m1/s1. The van der Waals surface area contributed by atoms with Crippen molar-refractivity contribution in [1.29, 1.82) is 0 Å². The molecule has 0 fully saturated rings. The number of esters is 1. The normalized spacial score (nSPS) is 24.5. The maximum Gasteiger partial charge on any atom is 0.317 e. The van der Waals surface area contributed by atoms with Crippen LogP contribution in [0.4, 0.5) is 0 Å². The van der Waals surface area contributed by atoms with Gasteiger partial charge in [-0.25, -0.2) is 4.99 Å². The van der Waals surface area contributed by atoms with Crippen LogP contribution in [0.3, 0.4) is 0 Å². The number of para-hydroxylation sites is 1. The molecule has 8 nitrogen and oxygen atoms in total. The molecule has 0 saturated heterocycles. The number of benzene rings is 1. The Morgan fingerprint density at radius 2 is 2.13 bits per heavy atom. The van der Waals surface area contributed by atoms with E-state index < -0.39 is 23.7 Å². The molecule has 0 unspecified atom stereocenters. The predicted octanol–water partition coefficient (Wildman–Crippen LogP) is 0.901. The number of aromatic nitrogens is 3. The van der Waals surface area contributed by atoms with Crippen molar-refractivity contribution in [3.05, 3.63) is 67.0 Å². The zero-order valence-corrected chi connectivity index (χ0v) is 17.8. The van der Waals surface area contributed by atoms with Crippen LogP contribution in [0.15, 0.2) is 40.2 Å². The minimum Gasteiger partial charge on any atom is -0.469 e. The van der Waals surface area contributed by atoms with Gasteiger partial charge in [-0.1, -0.05) is 29.5 Å². The summed E-state index contributed by atoms with van der Waals surface area (Å²) in [5.74, 6) is -0.616. The molecule has 2 aliphatic rings. The molecule has 0 saturated carbocycles. The van der Waals surface area contributed by atoms with E-state index in [4.69, 9.17) is 14.5 Å². The van der Waals surface area contributed by atoms with Crippen LogP contribution in [0.1, 0.15) is 29.8 Å². The quantitative estimate of drug-likeness (QED) is 0.571. The number of thiazole rings is 1. The highest BCUT2D eigenvalue weighted by Crippen LogP contribution is 2.47. The highest BCUT2D eigenvalue weighted by Gasteiger charge is 2.55. The van der Waals surface area contributed by atoms with Crippen LogP contribution in [0.5, 0.6) is 5.75 Å². The molecular weight excluding hydrogens is 404 g/mol. The maximum absolute atomic E-state index is 13.5. The smallest absolute Gasteiger partial charge is 0.317 e. The van der Waals surface area contributed by atoms with Crippen LogP contribution in [-0.4, -0.2) is 33.2 Å². The number of methoxy groups -OCH3 is 1. The molecule has 9 heteroatoms. The van der Waals surface area contributed by atoms with Gasteiger partial charge in [-0.05, 0) is 26.0 Å². The van der Waals surface area contributed by atoms with E-state index in [9.17, 15) is 9.59 Å². The molecule has 2 aromatic heterocycles. The molecule has 1 aromatic carbocycles. The Balaban J connectivity index is 1.81. The third kappa shape index (κ3) is 2.51. The van der Waals surface area contributed by atoms with Crippen molar-refractivity contribution < 1.29 is 14.3 Å². The molecule has 5 rings (SSSR count). The Morgan fingerprint density at radius 1 is 1.37 bits per heavy atom. The van der Waals surface area contributed by atoms with Gasteiger partial charge in [-0.15, -0.1) is 0 Å². The molecule has 4 heterocycles. The maximum atomic E-state index is 13.5. The number of nitrogens with zero attached hydrogens (tertiary/aromatic N) is 4. The predicted molar refractivity (Wildman–Crippen MR) is 110 cm³/mol. The van der Waals surface area contributed by atoms with Crippen molar-refractivity contribution in [1.82, 2.24) is 14.3 Å². The molecule has 0 amide bonds. The fourth-order valence-corrected chi connectivity index (χ4v) is 5.32. The fourth-order valence-electron chi connectivity index (χ4n) is 4.23. The SMILES string of the molecule is COC(=O)[C@H]1[C@H]2c3ccccc3O[C@@]1(C)N=c1sc(=Cc3cnn(C)c3C)c(=O)n12. The molecule has 0 radical (unpaired) electrons. The molecule has 0 aliphatic carbocycles. The van der Waals surface area contributed by atoms with Gasteiger partial charge in [-0.3, -0.25) is 18.8 Å². The Hall–Kier alpha value is -3.20. The number of hydrogen-bond donors (Lipinski definition) is 0. The first kappa shape index (κ1) is 18.8. The van der Waals surface area contributed by atoms with Gasteiger partial charge in [0.25, 0.3) is 5.56 Å². The van der Waals surface area contributed by atoms with Crippen LogP contribution in [-0.2, 0) is 16.6 Å². The van der Waals surface area contributed by atoms with Gasteiger partial charge in [0.15, 0.2) is 4.80 Å². The summed E-state index contributed by atoms with van der Waals surface area (Å²) in [5.41, 5.74) is 1.23. The van der Waals surface area contributed by atoms with Crippen molar-refractivity contribution in [2.45, 2.75) is 25.6 Å². The van der Waals surface area contributed by atoms with Crippen molar-refractivity contribution in [3.8, 4) is 5.75 Å². The summed E-state index contributed by atoms with van der Waals surface area (Å²) in [5, 5.41) is 4.24. The molecule has 30 heavy (non-hydrogen) atoms. The number of fused-ring (bicyclic) bond motifs is 6. The van der Waals surface area contributed by atoms with Gasteiger partial charge < -0.3 is 9.47 Å². The molecule has 0 N–H and O–H groups in total. The van der Waals surface area contributed by atoms with E-state index in [-0.39, 0.29) is 5.56 Å². The number of ether oxygens (including phenoxy) is 2. The minimum atomic E-state index is -1.16. The minimum absolute atomic E-state index is 0.195. The van der Waals surface area contributed by atoms with Gasteiger partial charge in [0, 0.05) is 23.9 Å². The van der Waals surface area contributed by atoms with Gasteiger partial charge in [0.2, 0.25) is 5.72 Å². The summed E-state index contributed by atoms with van der Waals surface area (Å²) in [7, 11) is 3.19. The second-order valence-electron chi connectivity index (χ2n) is 7.63. The Morgan fingerprint density at radius 3 is 2.83 bits per heavy atom. The second-order valence-corrected chi connectivity index (χ2v) is 8.64. The Bertz CT molecular complexity index is 1370. The lowest BCUT2D eigenvalue weighted by atomic mass is 9.81. The van der Waals surface area contributed by atoms with Gasteiger partial charge >= 0.3 is 5.97 Å². The van der Waals surface area contributed by atoms with Gasteiger partial charge in [0.05, 0.1) is 23.9 Å². The first-order valence-corrected chi connectivity index (χ1v) is 10.3. The number of aryl methyl sites for hydroxylation is 1. The van der Waals surface area contributed by atoms with E-state index in [0.717, 1.165) is 16.8 Å². The Kier molecular flexibility index (Phi) is 4.01. The number of carbonyl (C=O) groups excluding carboxylic acids is 1. The van der Waals surface area contributed by atoms with Crippen molar-refractivity contribution in [2.75, 3.05) is 7.11 Å². The zero-order valence-electron chi connectivity index (χ0n) is 16.9. The third-order valence-electron chi connectivity index (χ3n) is 5.89. The van der Waals surface area contributed by atoms with E-state index in [1.807, 2.05) is 44.3 Å². The summed E-state index contributed by atoms with van der Waals surface area (Å²) in [6.45, 7) is 3.71. The van der Waals surface area contributed by atoms with Crippen LogP contribution in [0.25, 0.3) is 6.08 Å². The van der Waals surface area contributed by atoms with Crippen LogP contribution in [0, 0.1) is 12.8 Å². The van der Waals surface area contributed by atoms with Gasteiger partial charge in [-0.2, -0.15) is 5.10 Å². The molecule has 3 atom stereocenters. The molecule has 3 aromatic rings. The van der Waals surface area contributed by atoms with E-state index >= 15 is 0 Å². The average molecular weight is 424 g/mol. The first-order chi connectivity index (χ1) is 14.3. The molecule has 154 valence electrons. The fraction of sp³-hybridized carbons (Fsp3) is 0.333. The highest BCUT2D eigenvalue weighted by atomic mass is 32.1. The largest absolute Gasteiger partial charge is 0.469 e. The highest BCUT2D eigenvalue weighted by molar-refractivity contribution is 7.07. The third-order valence-corrected chi connectivity index (χ3v) is 6.88. The van der Waals surface area contributed by atoms with Crippen molar-refractivity contribution >= 4 is 23.4 Å². The van der Waals surface area contributed by atoms with E-state index in [2.05, 4.69) is 5.10 Å². The van der Waals surface area contributed by atoms with Crippen LogP contribution >= 0.6 is 11.3 Å². The lowest BCUT2D eigenvalue weighted by Crippen LogP contribution is -2.58. The van der Waals surface area contributed by atoms with Crippen molar-refractivity contribution in [2.24, 2.45) is 18.0 Å². The second kappa shape index (κ2) is 6.40. The topological polar surface area (TPSA) is 87.7 Å². The number of carbonyl (C=O) groups is 1. The molecule has 2 aliphatic heterocycles. The summed E-state index contributed by atoms with van der Waals surface area (Å²) in [4.78, 5) is 31.5. The summed E-state index contributed by atoms with van der Waals surface area (Å²) in [6.07, 6.45) is 3.55. The van der Waals surface area contributed by atoms with Gasteiger partial charge in [0.1, 0.15) is 11.7 Å². The van der Waals surface area contributed by atoms with Crippen molar-refractivity contribution in [3.63, 3.8) is 0 Å². The monoisotopic (exact) mass is 424 g/mol. The Labute approximate surface area is 175 Å². The summed E-state index contributed by atoms with van der Waals surface area (Å²) >= 11 is 1.29. The summed E-state index contributed by atoms with van der Waals surface area (Å²) in [6, 6.07) is 6.88. The summed E-state index contributed by atoms with van der Waals surface area (Å²) < 4.78 is 15.1. The van der Waals surface area contributed by atoms with E-state index in [0.29, 0.717) is 15.1 Å². The van der Waals surface area contributed by atoms with Crippen LogP contribution < -0.4 is 19.6 Å². The van der Waals surface area contributed by atoms with E-state index in [1.165, 1.54) is 18.4 Å². The molecule has 2 bridgehead atoms. The molecular formula is C21H20N4O4S. The first-order valence-electron chi connectivity index (χ1n) is 9.51. The number of rotatable bonds is 2. The average Bonchev–Trinajstić information content (AvgIpc) is 3.19. The lowest BCUT2D eigenvalue weighted by molar-refractivity contribution is -0.158.